The second-order valence-electron chi connectivity index (χ2n) is 7.03. The summed E-state index contributed by atoms with van der Waals surface area (Å²) >= 11 is 1.37. The Morgan fingerprint density at radius 1 is 1.07 bits per heavy atom. The zero-order chi connectivity index (χ0) is 21.9. The second-order valence-corrected chi connectivity index (χ2v) is 8.14. The van der Waals surface area contributed by atoms with Crippen LogP contribution >= 0.6 is 11.3 Å². The van der Waals surface area contributed by atoms with Gasteiger partial charge in [-0.15, -0.1) is 11.3 Å². The number of piperazine rings is 1. The highest BCUT2D eigenvalue weighted by Gasteiger charge is 2.43. The Bertz CT molecular complexity index is 890. The topological polar surface area (TPSA) is 49.9 Å². The molecule has 1 fully saturated rings. The van der Waals surface area contributed by atoms with Gasteiger partial charge in [0.1, 0.15) is 5.82 Å². The van der Waals surface area contributed by atoms with Crippen LogP contribution in [0.15, 0.2) is 36.4 Å². The minimum absolute atomic E-state index is 0.358. The number of halogens is 4. The van der Waals surface area contributed by atoms with Crippen molar-refractivity contribution in [2.75, 3.05) is 33.2 Å². The van der Waals surface area contributed by atoms with Gasteiger partial charge in [0.2, 0.25) is 0 Å². The summed E-state index contributed by atoms with van der Waals surface area (Å²) in [6.45, 7) is 2.71. The smallest absolute Gasteiger partial charge is 0.386 e. The minimum Gasteiger partial charge on any atom is -0.386 e. The lowest BCUT2D eigenvalue weighted by Crippen LogP contribution is -2.46. The number of hydrogen-bond donors (Lipinski definition) is 0. The van der Waals surface area contributed by atoms with E-state index in [9.17, 15) is 27.2 Å². The predicted octanol–water partition coefficient (Wildman–Crippen LogP) is 3.86. The van der Waals surface area contributed by atoms with E-state index in [4.69, 9.17) is 0 Å². The molecular weight excluding hydrogens is 424 g/mol. The molecular formula is C20H20F4N2O3S. The van der Waals surface area contributed by atoms with Gasteiger partial charge in [-0.1, -0.05) is 12.1 Å². The average molecular weight is 444 g/mol. The standard InChI is InChI=1S/C20H20F4N2O3S/c1-25-8-10-26(11-9-25)15(12-18(27)29-19(28)20(22,23)24)17-7-6-16(30-17)13-2-4-14(21)5-3-13/h2-7,15H,8-12H2,1H3. The number of carbonyl (C=O) groups excluding carboxylic acids is 2. The maximum Gasteiger partial charge on any atom is 0.491 e. The van der Waals surface area contributed by atoms with E-state index >= 15 is 0 Å². The van der Waals surface area contributed by atoms with Crippen molar-refractivity contribution in [1.82, 2.24) is 9.80 Å². The van der Waals surface area contributed by atoms with Crippen molar-refractivity contribution in [3.05, 3.63) is 47.1 Å². The Balaban J connectivity index is 1.80. The van der Waals surface area contributed by atoms with Gasteiger partial charge in [-0.05, 0) is 36.9 Å². The summed E-state index contributed by atoms with van der Waals surface area (Å²) < 4.78 is 54.4. The number of nitrogens with zero attached hydrogens (tertiary/aromatic N) is 2. The van der Waals surface area contributed by atoms with E-state index < -0.39 is 24.2 Å². The summed E-state index contributed by atoms with van der Waals surface area (Å²) in [5.41, 5.74) is 0.791. The lowest BCUT2D eigenvalue weighted by molar-refractivity contribution is -0.202. The van der Waals surface area contributed by atoms with Crippen LogP contribution in [0.25, 0.3) is 10.4 Å². The van der Waals surface area contributed by atoms with Crippen LogP contribution in [-0.4, -0.2) is 61.1 Å². The number of benzene rings is 1. The molecule has 1 aromatic heterocycles. The van der Waals surface area contributed by atoms with Gasteiger partial charge in [-0.25, -0.2) is 9.18 Å². The monoisotopic (exact) mass is 444 g/mol. The van der Waals surface area contributed by atoms with Gasteiger partial charge in [0.25, 0.3) is 0 Å². The van der Waals surface area contributed by atoms with Crippen molar-refractivity contribution in [3.63, 3.8) is 0 Å². The summed E-state index contributed by atoms with van der Waals surface area (Å²) in [7, 11) is 1.96. The van der Waals surface area contributed by atoms with E-state index in [0.717, 1.165) is 28.4 Å². The first kappa shape index (κ1) is 22.4. The molecule has 1 saturated heterocycles. The number of thiophene rings is 1. The molecule has 0 bridgehead atoms. The Morgan fingerprint density at radius 2 is 1.70 bits per heavy atom. The summed E-state index contributed by atoms with van der Waals surface area (Å²) in [4.78, 5) is 28.8. The fourth-order valence-corrected chi connectivity index (χ4v) is 4.35. The number of ether oxygens (including phenoxy) is 1. The third-order valence-electron chi connectivity index (χ3n) is 4.86. The van der Waals surface area contributed by atoms with Gasteiger partial charge in [0, 0.05) is 35.9 Å². The van der Waals surface area contributed by atoms with Gasteiger partial charge < -0.3 is 9.64 Å². The number of hydrogen-bond acceptors (Lipinski definition) is 6. The van der Waals surface area contributed by atoms with Gasteiger partial charge in [-0.2, -0.15) is 13.2 Å². The molecule has 1 aliphatic rings. The fraction of sp³-hybridized carbons (Fsp3) is 0.400. The molecule has 3 rings (SSSR count). The lowest BCUT2D eigenvalue weighted by Gasteiger charge is -2.37. The van der Waals surface area contributed by atoms with Crippen LogP contribution in [0.4, 0.5) is 17.6 Å². The molecule has 5 nitrogen and oxygen atoms in total. The van der Waals surface area contributed by atoms with E-state index in [1.54, 1.807) is 18.2 Å². The van der Waals surface area contributed by atoms with Gasteiger partial charge in [0.15, 0.2) is 0 Å². The van der Waals surface area contributed by atoms with Crippen molar-refractivity contribution in [3.8, 4) is 10.4 Å². The van der Waals surface area contributed by atoms with Crippen molar-refractivity contribution in [1.29, 1.82) is 0 Å². The third-order valence-corrected chi connectivity index (χ3v) is 6.10. The van der Waals surface area contributed by atoms with E-state index in [1.165, 1.54) is 23.5 Å². The Labute approximate surface area is 174 Å². The second kappa shape index (κ2) is 9.23. The number of likely N-dealkylation sites (N-methyl/N-ethyl adjacent to an activating group) is 1. The quantitative estimate of drug-likeness (QED) is 0.398. The molecule has 1 atom stereocenters. The summed E-state index contributed by atoms with van der Waals surface area (Å²) in [5, 5.41) is 0. The first-order valence-electron chi connectivity index (χ1n) is 9.23. The van der Waals surface area contributed by atoms with E-state index in [0.29, 0.717) is 13.1 Å². The Kier molecular flexibility index (Phi) is 6.89. The molecule has 1 unspecified atom stereocenters. The van der Waals surface area contributed by atoms with Crippen molar-refractivity contribution in [2.24, 2.45) is 0 Å². The molecule has 30 heavy (non-hydrogen) atoms. The highest BCUT2D eigenvalue weighted by Crippen LogP contribution is 2.36. The van der Waals surface area contributed by atoms with Crippen LogP contribution in [0.1, 0.15) is 17.3 Å². The molecule has 0 amide bonds. The van der Waals surface area contributed by atoms with E-state index in [2.05, 4.69) is 9.64 Å². The van der Waals surface area contributed by atoms with Crippen molar-refractivity contribution >= 4 is 23.3 Å². The zero-order valence-electron chi connectivity index (χ0n) is 16.1. The molecule has 162 valence electrons. The molecule has 10 heteroatoms. The average Bonchev–Trinajstić information content (AvgIpc) is 3.16. The molecule has 0 radical (unpaired) electrons. The zero-order valence-corrected chi connectivity index (χ0v) is 16.9. The minimum atomic E-state index is -5.22. The summed E-state index contributed by atoms with van der Waals surface area (Å²) in [6.07, 6.45) is -5.60. The van der Waals surface area contributed by atoms with Crippen molar-refractivity contribution < 1.29 is 31.9 Å². The largest absolute Gasteiger partial charge is 0.491 e. The molecule has 0 spiro atoms. The van der Waals surface area contributed by atoms with Crippen LogP contribution in [0.5, 0.6) is 0 Å². The molecule has 2 aromatic rings. The summed E-state index contributed by atoms with van der Waals surface area (Å²) in [5.74, 6) is -4.09. The van der Waals surface area contributed by atoms with Gasteiger partial charge >= 0.3 is 18.1 Å². The highest BCUT2D eigenvalue weighted by atomic mass is 32.1. The Hall–Kier alpha value is -2.30. The molecule has 1 aliphatic heterocycles. The van der Waals surface area contributed by atoms with Crippen molar-refractivity contribution in [2.45, 2.75) is 18.6 Å². The molecule has 0 N–H and O–H groups in total. The molecule has 0 saturated carbocycles. The van der Waals surface area contributed by atoms with Crippen LogP contribution in [0, 0.1) is 5.82 Å². The van der Waals surface area contributed by atoms with Crippen LogP contribution in [0.3, 0.4) is 0 Å². The normalized spacial score (nSPS) is 17.0. The highest BCUT2D eigenvalue weighted by molar-refractivity contribution is 7.15. The third kappa shape index (κ3) is 5.65. The van der Waals surface area contributed by atoms with E-state index in [1.807, 2.05) is 18.0 Å². The molecule has 2 heterocycles. The van der Waals surface area contributed by atoms with Crippen LogP contribution in [0.2, 0.25) is 0 Å². The van der Waals surface area contributed by atoms with Crippen LogP contribution < -0.4 is 0 Å². The molecule has 1 aromatic carbocycles. The maximum atomic E-state index is 13.2. The summed E-state index contributed by atoms with van der Waals surface area (Å²) in [6, 6.07) is 9.04. The maximum absolute atomic E-state index is 13.2. The molecule has 0 aliphatic carbocycles. The SMILES string of the molecule is CN1CCN(C(CC(=O)OC(=O)C(F)(F)F)c2ccc(-c3ccc(F)cc3)s2)CC1. The first-order chi connectivity index (χ1) is 14.1. The fourth-order valence-electron chi connectivity index (χ4n) is 3.21. The van der Waals surface area contributed by atoms with Crippen LogP contribution in [-0.2, 0) is 14.3 Å². The van der Waals surface area contributed by atoms with Gasteiger partial charge in [0.05, 0.1) is 12.5 Å². The number of rotatable bonds is 5. The Morgan fingerprint density at radius 3 is 2.30 bits per heavy atom. The first-order valence-corrected chi connectivity index (χ1v) is 10.1. The number of alkyl halides is 3. The number of carbonyl (C=O) groups is 2. The number of esters is 2. The lowest BCUT2D eigenvalue weighted by atomic mass is 10.1. The predicted molar refractivity (Wildman–Crippen MR) is 103 cm³/mol. The van der Waals surface area contributed by atoms with Gasteiger partial charge in [-0.3, -0.25) is 9.69 Å². The van der Waals surface area contributed by atoms with E-state index in [-0.39, 0.29) is 12.2 Å².